The molecule has 121 valence electrons. The normalized spacial score (nSPS) is 14.7. The minimum absolute atomic E-state index is 0.333. The zero-order valence-corrected chi connectivity index (χ0v) is 14.0. The lowest BCUT2D eigenvalue weighted by atomic mass is 10.0. The van der Waals surface area contributed by atoms with Crippen LogP contribution in [0.4, 0.5) is 0 Å². The third-order valence-corrected chi connectivity index (χ3v) is 3.78. The largest absolute Gasteiger partial charge is 0.393 e. The van der Waals surface area contributed by atoms with Gasteiger partial charge in [0.15, 0.2) is 0 Å². The highest BCUT2D eigenvalue weighted by Crippen LogP contribution is 2.14. The summed E-state index contributed by atoms with van der Waals surface area (Å²) in [4.78, 5) is 0. The van der Waals surface area contributed by atoms with Gasteiger partial charge in [-0.05, 0) is 32.1 Å². The second kappa shape index (κ2) is 13.9. The summed E-state index contributed by atoms with van der Waals surface area (Å²) in [6.07, 6.45) is 14.5. The summed E-state index contributed by atoms with van der Waals surface area (Å²) < 4.78 is 0. The molecule has 0 aliphatic carbocycles. The fraction of sp³-hybridized carbons (Fsp3) is 0.944. The predicted octanol–water partition coefficient (Wildman–Crippen LogP) is 4.88. The fourth-order valence-corrected chi connectivity index (χ4v) is 2.44. The van der Waals surface area contributed by atoms with E-state index in [0.717, 1.165) is 18.8 Å². The maximum Gasteiger partial charge on any atom is 0.0573 e. The molecular formula is C18H37O2. The van der Waals surface area contributed by atoms with Gasteiger partial charge >= 0.3 is 0 Å². The second-order valence-electron chi connectivity index (χ2n) is 6.69. The van der Waals surface area contributed by atoms with Crippen molar-refractivity contribution in [3.05, 3.63) is 6.42 Å². The van der Waals surface area contributed by atoms with Gasteiger partial charge in [-0.2, -0.15) is 0 Å². The van der Waals surface area contributed by atoms with E-state index < -0.39 is 0 Å². The fourth-order valence-electron chi connectivity index (χ4n) is 2.44. The molecule has 0 spiro atoms. The zero-order valence-electron chi connectivity index (χ0n) is 14.0. The third kappa shape index (κ3) is 16.0. The SMILES string of the molecule is CC(C)CCCCCCCCCCC(O)[CH]CC(C)O. The molecule has 0 bridgehead atoms. The Kier molecular flexibility index (Phi) is 13.8. The molecule has 0 aromatic heterocycles. The van der Waals surface area contributed by atoms with Gasteiger partial charge in [-0.3, -0.25) is 0 Å². The van der Waals surface area contributed by atoms with Crippen LogP contribution in [-0.4, -0.2) is 22.4 Å². The maximum absolute atomic E-state index is 9.68. The van der Waals surface area contributed by atoms with Crippen LogP contribution in [-0.2, 0) is 0 Å². The van der Waals surface area contributed by atoms with Crippen LogP contribution in [0.15, 0.2) is 0 Å². The predicted molar refractivity (Wildman–Crippen MR) is 87.6 cm³/mol. The summed E-state index contributed by atoms with van der Waals surface area (Å²) in [5, 5.41) is 18.8. The molecule has 0 saturated carbocycles. The van der Waals surface area contributed by atoms with Gasteiger partial charge in [-0.15, -0.1) is 0 Å². The lowest BCUT2D eigenvalue weighted by molar-refractivity contribution is 0.154. The first-order valence-electron chi connectivity index (χ1n) is 8.71. The molecule has 2 heteroatoms. The molecule has 2 atom stereocenters. The number of unbranched alkanes of at least 4 members (excludes halogenated alkanes) is 7. The van der Waals surface area contributed by atoms with E-state index in [4.69, 9.17) is 5.11 Å². The molecule has 0 saturated heterocycles. The summed E-state index contributed by atoms with van der Waals surface area (Å²) in [5.74, 6) is 0.854. The van der Waals surface area contributed by atoms with E-state index in [1.54, 1.807) is 6.92 Å². The first-order chi connectivity index (χ1) is 9.52. The van der Waals surface area contributed by atoms with Crippen LogP contribution in [0.2, 0.25) is 0 Å². The van der Waals surface area contributed by atoms with Crippen LogP contribution < -0.4 is 0 Å². The Morgan fingerprint density at radius 2 is 1.15 bits per heavy atom. The Bertz CT molecular complexity index is 190. The summed E-state index contributed by atoms with van der Waals surface area (Å²) >= 11 is 0. The van der Waals surface area contributed by atoms with E-state index in [9.17, 15) is 5.11 Å². The van der Waals surface area contributed by atoms with Crippen LogP contribution in [0, 0.1) is 12.3 Å². The molecule has 1 radical (unpaired) electrons. The van der Waals surface area contributed by atoms with Crippen LogP contribution in [0.3, 0.4) is 0 Å². The van der Waals surface area contributed by atoms with Crippen LogP contribution in [0.1, 0.15) is 91.4 Å². The molecule has 0 aliphatic heterocycles. The van der Waals surface area contributed by atoms with Crippen LogP contribution in [0.25, 0.3) is 0 Å². The molecule has 0 rings (SSSR count). The van der Waals surface area contributed by atoms with E-state index in [2.05, 4.69) is 13.8 Å². The van der Waals surface area contributed by atoms with Gasteiger partial charge in [0.2, 0.25) is 0 Å². The Labute approximate surface area is 127 Å². The summed E-state index contributed by atoms with van der Waals surface area (Å²) in [7, 11) is 0. The van der Waals surface area contributed by atoms with Crippen molar-refractivity contribution in [1.29, 1.82) is 0 Å². The molecule has 0 aliphatic rings. The highest BCUT2D eigenvalue weighted by molar-refractivity contribution is 4.77. The van der Waals surface area contributed by atoms with Crippen molar-refractivity contribution in [2.24, 2.45) is 5.92 Å². The monoisotopic (exact) mass is 285 g/mol. The van der Waals surface area contributed by atoms with E-state index >= 15 is 0 Å². The van der Waals surface area contributed by atoms with Gasteiger partial charge < -0.3 is 10.2 Å². The van der Waals surface area contributed by atoms with Crippen molar-refractivity contribution >= 4 is 0 Å². The molecule has 2 nitrogen and oxygen atoms in total. The number of rotatable bonds is 14. The van der Waals surface area contributed by atoms with Gasteiger partial charge in [0.1, 0.15) is 0 Å². The molecule has 0 heterocycles. The number of aliphatic hydroxyl groups is 2. The Hall–Kier alpha value is -0.0800. The topological polar surface area (TPSA) is 40.5 Å². The molecule has 0 aromatic carbocycles. The first kappa shape index (κ1) is 19.9. The van der Waals surface area contributed by atoms with Crippen molar-refractivity contribution in [3.63, 3.8) is 0 Å². The van der Waals surface area contributed by atoms with Crippen LogP contribution >= 0.6 is 0 Å². The smallest absolute Gasteiger partial charge is 0.0573 e. The second-order valence-corrected chi connectivity index (χ2v) is 6.69. The molecule has 20 heavy (non-hydrogen) atoms. The van der Waals surface area contributed by atoms with E-state index in [0.29, 0.717) is 6.42 Å². The summed E-state index contributed by atoms with van der Waals surface area (Å²) in [6.45, 7) is 6.35. The highest BCUT2D eigenvalue weighted by Gasteiger charge is 2.06. The van der Waals surface area contributed by atoms with Crippen molar-refractivity contribution in [1.82, 2.24) is 0 Å². The minimum atomic E-state index is -0.333. The number of hydrogen-bond donors (Lipinski definition) is 2. The lowest BCUT2D eigenvalue weighted by Crippen LogP contribution is -2.11. The van der Waals surface area contributed by atoms with Crippen molar-refractivity contribution in [3.8, 4) is 0 Å². The van der Waals surface area contributed by atoms with Gasteiger partial charge in [0.05, 0.1) is 12.2 Å². The zero-order chi connectivity index (χ0) is 15.2. The highest BCUT2D eigenvalue weighted by atomic mass is 16.3. The average Bonchev–Trinajstić information content (AvgIpc) is 2.38. The third-order valence-electron chi connectivity index (χ3n) is 3.78. The lowest BCUT2D eigenvalue weighted by Gasteiger charge is -2.11. The van der Waals surface area contributed by atoms with Gasteiger partial charge in [-0.25, -0.2) is 0 Å². The summed E-state index contributed by atoms with van der Waals surface area (Å²) in [5.41, 5.74) is 0. The molecular weight excluding hydrogens is 248 g/mol. The standard InChI is InChI=1S/C18H37O2/c1-16(2)12-10-8-6-4-5-7-9-11-13-18(20)15-14-17(3)19/h15-20H,4-14H2,1-3H3. The summed E-state index contributed by atoms with van der Waals surface area (Å²) in [6, 6.07) is 0. The van der Waals surface area contributed by atoms with E-state index in [-0.39, 0.29) is 12.2 Å². The molecule has 0 fully saturated rings. The van der Waals surface area contributed by atoms with Gasteiger partial charge in [0, 0.05) is 0 Å². The van der Waals surface area contributed by atoms with Gasteiger partial charge in [0.25, 0.3) is 0 Å². The number of aliphatic hydroxyl groups excluding tert-OH is 2. The molecule has 0 amide bonds. The molecule has 2 N–H and O–H groups in total. The van der Waals surface area contributed by atoms with Crippen molar-refractivity contribution < 1.29 is 10.2 Å². The van der Waals surface area contributed by atoms with Crippen LogP contribution in [0.5, 0.6) is 0 Å². The van der Waals surface area contributed by atoms with E-state index in [1.165, 1.54) is 51.4 Å². The average molecular weight is 285 g/mol. The molecule has 0 aromatic rings. The maximum atomic E-state index is 9.68. The van der Waals surface area contributed by atoms with Gasteiger partial charge in [-0.1, -0.05) is 71.6 Å². The quantitative estimate of drug-likeness (QED) is 0.447. The Balaban J connectivity index is 3.12. The molecule has 2 unspecified atom stereocenters. The van der Waals surface area contributed by atoms with Crippen molar-refractivity contribution in [2.75, 3.05) is 0 Å². The Morgan fingerprint density at radius 1 is 0.700 bits per heavy atom. The number of hydrogen-bond acceptors (Lipinski definition) is 2. The Morgan fingerprint density at radius 3 is 1.60 bits per heavy atom. The van der Waals surface area contributed by atoms with Crippen molar-refractivity contribution in [2.45, 2.75) is 104 Å². The minimum Gasteiger partial charge on any atom is -0.393 e. The van der Waals surface area contributed by atoms with E-state index in [1.807, 2.05) is 6.42 Å². The first-order valence-corrected chi connectivity index (χ1v) is 8.71.